The molecule has 13 heteroatoms. The average Bonchev–Trinajstić information content (AvgIpc) is 3.18. The van der Waals surface area contributed by atoms with Crippen LogP contribution in [0.2, 0.25) is 0 Å². The number of rotatable bonds is 11. The van der Waals surface area contributed by atoms with Gasteiger partial charge in [0.05, 0.1) is 25.3 Å². The fourth-order valence-electron chi connectivity index (χ4n) is 4.41. The maximum atomic E-state index is 13.7. The lowest BCUT2D eigenvalue weighted by atomic mass is 9.77. The smallest absolute Gasteiger partial charge is 0.389 e. The van der Waals surface area contributed by atoms with Crippen molar-refractivity contribution >= 4 is 35.3 Å². The summed E-state index contributed by atoms with van der Waals surface area (Å²) in [6.07, 6.45) is -10.2. The summed E-state index contributed by atoms with van der Waals surface area (Å²) in [6, 6.07) is 13.8. The summed E-state index contributed by atoms with van der Waals surface area (Å²) < 4.78 is 48.4. The number of hydroxylamine groups is 2. The van der Waals surface area contributed by atoms with E-state index in [2.05, 4.69) is 0 Å². The van der Waals surface area contributed by atoms with Crippen LogP contribution >= 0.6 is 0 Å². The van der Waals surface area contributed by atoms with E-state index in [0.717, 1.165) is 19.1 Å². The van der Waals surface area contributed by atoms with Crippen molar-refractivity contribution in [3.05, 3.63) is 65.7 Å². The highest BCUT2D eigenvalue weighted by molar-refractivity contribution is 6.20. The molecule has 0 saturated heterocycles. The van der Waals surface area contributed by atoms with E-state index in [-0.39, 0.29) is 11.1 Å². The molecule has 0 fully saturated rings. The number of likely N-dealkylation sites (N-methyl/N-ethyl adjacent to an activating group) is 1. The average molecular weight is 565 g/mol. The van der Waals surface area contributed by atoms with E-state index in [4.69, 9.17) is 14.3 Å². The van der Waals surface area contributed by atoms with Crippen LogP contribution < -0.4 is 4.90 Å². The molecule has 3 rings (SSSR count). The second kappa shape index (κ2) is 12.3. The first-order valence-corrected chi connectivity index (χ1v) is 12.1. The van der Waals surface area contributed by atoms with Gasteiger partial charge in [0.2, 0.25) is 0 Å². The predicted molar refractivity (Wildman–Crippen MR) is 133 cm³/mol. The predicted octanol–water partition coefficient (Wildman–Crippen LogP) is 3.70. The van der Waals surface area contributed by atoms with Crippen LogP contribution in [0.4, 0.5) is 18.9 Å². The van der Waals surface area contributed by atoms with E-state index < -0.39 is 73.0 Å². The fourth-order valence-corrected chi connectivity index (χ4v) is 4.41. The standard InChI is InChI=1S/C27H27F3N2O8/c1-31(17-10-5-4-6-11-17)23(35)20(40-32-21(33)18-12-7-8-13-19(18)22(32)34)16-26(24(36)38-2,25(37)39-3)14-9-15-27(28,29)30/h4-8,10-13,20H,9,14-16H2,1-3H3/t20-/m1/s1. The van der Waals surface area contributed by atoms with Crippen LogP contribution in [0.25, 0.3) is 0 Å². The molecule has 1 heterocycles. The number of nitrogens with zero attached hydrogens (tertiary/aromatic N) is 2. The van der Waals surface area contributed by atoms with Crippen molar-refractivity contribution in [1.82, 2.24) is 5.06 Å². The molecule has 0 N–H and O–H groups in total. The quantitative estimate of drug-likeness (QED) is 0.230. The van der Waals surface area contributed by atoms with Crippen molar-refractivity contribution in [1.29, 1.82) is 0 Å². The lowest BCUT2D eigenvalue weighted by Gasteiger charge is -2.33. The van der Waals surface area contributed by atoms with Crippen LogP contribution in [0, 0.1) is 5.41 Å². The van der Waals surface area contributed by atoms with Crippen LogP contribution in [0.15, 0.2) is 54.6 Å². The molecule has 3 amide bonds. The Morgan fingerprint density at radius 2 is 1.35 bits per heavy atom. The number of alkyl halides is 3. The Morgan fingerprint density at radius 3 is 1.82 bits per heavy atom. The van der Waals surface area contributed by atoms with Gasteiger partial charge in [0, 0.05) is 25.6 Å². The van der Waals surface area contributed by atoms with Crippen LogP contribution in [-0.4, -0.2) is 68.3 Å². The number of halogens is 3. The van der Waals surface area contributed by atoms with E-state index >= 15 is 0 Å². The molecule has 0 radical (unpaired) electrons. The fraction of sp³-hybridized carbons (Fsp3) is 0.370. The van der Waals surface area contributed by atoms with Crippen molar-refractivity contribution in [2.75, 3.05) is 26.2 Å². The van der Waals surface area contributed by atoms with E-state index in [1.54, 1.807) is 30.3 Å². The van der Waals surface area contributed by atoms with E-state index in [0.29, 0.717) is 10.8 Å². The van der Waals surface area contributed by atoms with Gasteiger partial charge in [0.15, 0.2) is 11.5 Å². The number of carbonyl (C=O) groups excluding carboxylic acids is 5. The third-order valence-electron chi connectivity index (χ3n) is 6.49. The monoisotopic (exact) mass is 564 g/mol. The highest BCUT2D eigenvalue weighted by Gasteiger charge is 2.53. The van der Waals surface area contributed by atoms with Crippen molar-refractivity contribution in [3.63, 3.8) is 0 Å². The number of hydrogen-bond donors (Lipinski definition) is 0. The molecule has 0 aliphatic carbocycles. The van der Waals surface area contributed by atoms with Gasteiger partial charge in [-0.3, -0.25) is 24.0 Å². The van der Waals surface area contributed by atoms with Gasteiger partial charge in [0.1, 0.15) is 0 Å². The molecule has 1 atom stereocenters. The Kier molecular flexibility index (Phi) is 9.30. The second-order valence-electron chi connectivity index (χ2n) is 9.02. The summed E-state index contributed by atoms with van der Waals surface area (Å²) in [5.74, 6) is -5.25. The summed E-state index contributed by atoms with van der Waals surface area (Å²) in [7, 11) is 3.18. The van der Waals surface area contributed by atoms with Crippen molar-refractivity contribution in [3.8, 4) is 0 Å². The number of esters is 2. The number of ether oxygens (including phenoxy) is 2. The number of imide groups is 1. The molecule has 2 aromatic rings. The second-order valence-corrected chi connectivity index (χ2v) is 9.02. The molecule has 0 saturated carbocycles. The Hall–Kier alpha value is -4.26. The number of fused-ring (bicyclic) bond motifs is 1. The minimum atomic E-state index is -4.60. The Labute approximate surface area is 227 Å². The summed E-state index contributed by atoms with van der Waals surface area (Å²) >= 11 is 0. The van der Waals surface area contributed by atoms with Crippen molar-refractivity contribution in [2.24, 2.45) is 5.41 Å². The summed E-state index contributed by atoms with van der Waals surface area (Å²) in [6.45, 7) is 0. The molecule has 0 spiro atoms. The molecular formula is C27H27F3N2O8. The highest BCUT2D eigenvalue weighted by Crippen LogP contribution is 2.38. The summed E-state index contributed by atoms with van der Waals surface area (Å²) in [4.78, 5) is 72.4. The van der Waals surface area contributed by atoms with Gasteiger partial charge in [-0.2, -0.15) is 13.2 Å². The number of amides is 3. The van der Waals surface area contributed by atoms with Gasteiger partial charge in [-0.15, -0.1) is 5.06 Å². The van der Waals surface area contributed by atoms with E-state index in [1.165, 1.54) is 31.3 Å². The summed E-state index contributed by atoms with van der Waals surface area (Å²) in [5.41, 5.74) is -2.10. The molecule has 10 nitrogen and oxygen atoms in total. The first-order valence-electron chi connectivity index (χ1n) is 12.1. The molecule has 1 aliphatic heterocycles. The molecule has 214 valence electrons. The molecule has 0 unspecified atom stereocenters. The first kappa shape index (κ1) is 30.3. The Bertz CT molecular complexity index is 1230. The highest BCUT2D eigenvalue weighted by atomic mass is 19.4. The van der Waals surface area contributed by atoms with Crippen LogP contribution in [0.5, 0.6) is 0 Å². The molecule has 0 aromatic heterocycles. The summed E-state index contributed by atoms with van der Waals surface area (Å²) in [5, 5.41) is 0.334. The number of benzene rings is 2. The van der Waals surface area contributed by atoms with Gasteiger partial charge < -0.3 is 14.4 Å². The SMILES string of the molecule is COC(=O)C(CCCC(F)(F)F)(C[C@@H](ON1C(=O)c2ccccc2C1=O)C(=O)N(C)c1ccccc1)C(=O)OC. The number of methoxy groups -OCH3 is 2. The lowest BCUT2D eigenvalue weighted by molar-refractivity contribution is -0.183. The minimum absolute atomic E-state index is 0.00695. The molecule has 40 heavy (non-hydrogen) atoms. The van der Waals surface area contributed by atoms with Gasteiger partial charge in [-0.05, 0) is 37.1 Å². The van der Waals surface area contributed by atoms with Gasteiger partial charge >= 0.3 is 18.1 Å². The molecular weight excluding hydrogens is 537 g/mol. The third kappa shape index (κ3) is 6.30. The van der Waals surface area contributed by atoms with Crippen LogP contribution in [-0.2, 0) is 28.7 Å². The maximum Gasteiger partial charge on any atom is 0.389 e. The molecule has 0 bridgehead atoms. The van der Waals surface area contributed by atoms with E-state index in [1.807, 2.05) is 0 Å². The number of anilines is 1. The first-order chi connectivity index (χ1) is 18.9. The van der Waals surface area contributed by atoms with Gasteiger partial charge in [-0.25, -0.2) is 4.84 Å². The zero-order chi connectivity index (χ0) is 29.7. The molecule has 1 aliphatic rings. The zero-order valence-electron chi connectivity index (χ0n) is 21.9. The zero-order valence-corrected chi connectivity index (χ0v) is 21.9. The van der Waals surface area contributed by atoms with Crippen molar-refractivity contribution in [2.45, 2.75) is 38.0 Å². The Morgan fingerprint density at radius 1 is 0.850 bits per heavy atom. The van der Waals surface area contributed by atoms with Crippen LogP contribution in [0.3, 0.4) is 0 Å². The van der Waals surface area contributed by atoms with Gasteiger partial charge in [-0.1, -0.05) is 30.3 Å². The van der Waals surface area contributed by atoms with E-state index in [9.17, 15) is 37.1 Å². The van der Waals surface area contributed by atoms with Crippen molar-refractivity contribution < 1.29 is 51.5 Å². The third-order valence-corrected chi connectivity index (χ3v) is 6.49. The lowest BCUT2D eigenvalue weighted by Crippen LogP contribution is -2.51. The largest absolute Gasteiger partial charge is 0.468 e. The maximum absolute atomic E-state index is 13.7. The number of carbonyl (C=O) groups is 5. The van der Waals surface area contributed by atoms with Gasteiger partial charge in [0.25, 0.3) is 17.7 Å². The molecule has 2 aromatic carbocycles. The minimum Gasteiger partial charge on any atom is -0.468 e. The number of hydrogen-bond acceptors (Lipinski definition) is 8. The van der Waals surface area contributed by atoms with Crippen LogP contribution in [0.1, 0.15) is 46.4 Å². The Balaban J connectivity index is 2.05. The normalized spacial score (nSPS) is 14.0. The topological polar surface area (TPSA) is 120 Å². The number of para-hydroxylation sites is 1.